The Labute approximate surface area is 114 Å². The summed E-state index contributed by atoms with van der Waals surface area (Å²) in [6.07, 6.45) is 2.89. The summed E-state index contributed by atoms with van der Waals surface area (Å²) in [7, 11) is 0. The van der Waals surface area contributed by atoms with Gasteiger partial charge in [-0.3, -0.25) is 4.79 Å². The number of hydrogen-bond donors (Lipinski definition) is 1. The molecule has 2 unspecified atom stereocenters. The maximum Gasteiger partial charge on any atom is 0.417 e. The summed E-state index contributed by atoms with van der Waals surface area (Å²) in [5.41, 5.74) is -0.568. The van der Waals surface area contributed by atoms with Crippen LogP contribution >= 0.6 is 0 Å². The largest absolute Gasteiger partial charge is 0.443 e. The Morgan fingerprint density at radius 3 is 2.79 bits per heavy atom. The van der Waals surface area contributed by atoms with Gasteiger partial charge in [0.15, 0.2) is 0 Å². The van der Waals surface area contributed by atoms with E-state index in [1.54, 1.807) is 0 Å². The van der Waals surface area contributed by atoms with Crippen molar-refractivity contribution in [1.29, 1.82) is 0 Å². The molecule has 2 aliphatic rings. The zero-order valence-electron chi connectivity index (χ0n) is 12.1. The van der Waals surface area contributed by atoms with E-state index in [1.807, 2.05) is 20.8 Å². The number of carbonyl (C=O) groups is 2. The van der Waals surface area contributed by atoms with E-state index in [2.05, 4.69) is 5.32 Å². The Hall–Kier alpha value is -1.10. The number of nitrogens with zero attached hydrogens (tertiary/aromatic N) is 1. The van der Waals surface area contributed by atoms with E-state index in [9.17, 15) is 9.59 Å². The third-order valence-corrected chi connectivity index (χ3v) is 3.75. The minimum Gasteiger partial charge on any atom is -0.443 e. The highest BCUT2D eigenvalue weighted by Crippen LogP contribution is 2.29. The third kappa shape index (κ3) is 3.47. The van der Waals surface area contributed by atoms with E-state index in [-0.39, 0.29) is 11.9 Å². The maximum absolute atomic E-state index is 12.3. The highest BCUT2D eigenvalue weighted by Gasteiger charge is 2.40. The Morgan fingerprint density at radius 2 is 2.11 bits per heavy atom. The summed E-state index contributed by atoms with van der Waals surface area (Å²) < 4.78 is 5.39. The molecule has 0 aromatic carbocycles. The molecule has 2 aliphatic heterocycles. The average molecular weight is 268 g/mol. The van der Waals surface area contributed by atoms with Crippen molar-refractivity contribution in [3.8, 4) is 0 Å². The highest BCUT2D eigenvalue weighted by atomic mass is 16.6. The van der Waals surface area contributed by atoms with Crippen molar-refractivity contribution < 1.29 is 14.3 Å². The van der Waals surface area contributed by atoms with Gasteiger partial charge in [0, 0.05) is 13.0 Å². The topological polar surface area (TPSA) is 58.6 Å². The van der Waals surface area contributed by atoms with Crippen molar-refractivity contribution in [2.24, 2.45) is 5.92 Å². The van der Waals surface area contributed by atoms with Crippen LogP contribution in [0, 0.1) is 5.92 Å². The summed E-state index contributed by atoms with van der Waals surface area (Å²) in [5, 5.41) is 3.28. The summed E-state index contributed by atoms with van der Waals surface area (Å²) >= 11 is 0. The number of imide groups is 1. The van der Waals surface area contributed by atoms with Crippen LogP contribution in [0.25, 0.3) is 0 Å². The van der Waals surface area contributed by atoms with Gasteiger partial charge in [-0.15, -0.1) is 0 Å². The second-order valence-electron chi connectivity index (χ2n) is 6.46. The van der Waals surface area contributed by atoms with Crippen LogP contribution < -0.4 is 5.32 Å². The average Bonchev–Trinajstić information content (AvgIpc) is 2.44. The molecule has 0 aromatic rings. The van der Waals surface area contributed by atoms with E-state index in [4.69, 9.17) is 4.74 Å². The predicted molar refractivity (Wildman–Crippen MR) is 71.7 cm³/mol. The van der Waals surface area contributed by atoms with Crippen LogP contribution in [0.15, 0.2) is 0 Å². The van der Waals surface area contributed by atoms with Gasteiger partial charge in [-0.2, -0.15) is 0 Å². The van der Waals surface area contributed by atoms with Gasteiger partial charge in [0.05, 0.1) is 6.04 Å². The first-order valence-electron chi connectivity index (χ1n) is 7.14. The lowest BCUT2D eigenvalue weighted by atomic mass is 9.89. The number of likely N-dealkylation sites (tertiary alicyclic amines) is 1. The first-order valence-corrected chi connectivity index (χ1v) is 7.14. The van der Waals surface area contributed by atoms with Crippen LogP contribution in [-0.4, -0.2) is 41.6 Å². The molecule has 2 fully saturated rings. The van der Waals surface area contributed by atoms with E-state index >= 15 is 0 Å². The number of carbonyl (C=O) groups excluding carboxylic acids is 2. The summed E-state index contributed by atoms with van der Waals surface area (Å²) in [5.74, 6) is 0.325. The zero-order valence-corrected chi connectivity index (χ0v) is 12.1. The standard InChI is InChI=1S/C14H24N2O3/c1-14(2,3)19-13(18)16-11-9-15-8-7-10(11)5-4-6-12(16)17/h10-11,15H,4-9H2,1-3H3. The van der Waals surface area contributed by atoms with Crippen molar-refractivity contribution in [1.82, 2.24) is 10.2 Å². The second kappa shape index (κ2) is 5.49. The van der Waals surface area contributed by atoms with Gasteiger partial charge in [-0.25, -0.2) is 9.69 Å². The number of ether oxygens (including phenoxy) is 1. The fraction of sp³-hybridized carbons (Fsp3) is 0.857. The first kappa shape index (κ1) is 14.3. The van der Waals surface area contributed by atoms with Crippen molar-refractivity contribution in [2.45, 2.75) is 58.1 Å². The van der Waals surface area contributed by atoms with Crippen LogP contribution in [0.4, 0.5) is 4.79 Å². The van der Waals surface area contributed by atoms with Gasteiger partial charge in [0.1, 0.15) is 5.60 Å². The van der Waals surface area contributed by atoms with Gasteiger partial charge >= 0.3 is 6.09 Å². The third-order valence-electron chi connectivity index (χ3n) is 3.75. The van der Waals surface area contributed by atoms with Crippen LogP contribution in [0.2, 0.25) is 0 Å². The molecule has 0 bridgehead atoms. The van der Waals surface area contributed by atoms with Crippen LogP contribution in [-0.2, 0) is 9.53 Å². The normalized spacial score (nSPS) is 28.6. The quantitative estimate of drug-likeness (QED) is 0.729. The zero-order chi connectivity index (χ0) is 14.0. The first-order chi connectivity index (χ1) is 8.88. The molecule has 2 saturated heterocycles. The monoisotopic (exact) mass is 268 g/mol. The molecule has 5 nitrogen and oxygen atoms in total. The van der Waals surface area contributed by atoms with Crippen molar-refractivity contribution in [2.75, 3.05) is 13.1 Å². The number of rotatable bonds is 0. The summed E-state index contributed by atoms with van der Waals surface area (Å²) in [6, 6.07) is -0.0430. The maximum atomic E-state index is 12.3. The van der Waals surface area contributed by atoms with Crippen molar-refractivity contribution in [3.05, 3.63) is 0 Å². The van der Waals surface area contributed by atoms with Crippen molar-refractivity contribution >= 4 is 12.0 Å². The number of nitrogens with one attached hydrogen (secondary N) is 1. The van der Waals surface area contributed by atoms with Gasteiger partial charge < -0.3 is 10.1 Å². The van der Waals surface area contributed by atoms with Gasteiger partial charge in [0.2, 0.25) is 5.91 Å². The van der Waals surface area contributed by atoms with E-state index in [0.29, 0.717) is 18.9 Å². The van der Waals surface area contributed by atoms with E-state index in [0.717, 1.165) is 25.8 Å². The Morgan fingerprint density at radius 1 is 1.37 bits per heavy atom. The molecule has 2 heterocycles. The molecule has 2 amide bonds. The smallest absolute Gasteiger partial charge is 0.417 e. The molecule has 1 N–H and O–H groups in total. The molecule has 19 heavy (non-hydrogen) atoms. The van der Waals surface area contributed by atoms with Crippen LogP contribution in [0.3, 0.4) is 0 Å². The van der Waals surface area contributed by atoms with Gasteiger partial charge in [-0.1, -0.05) is 0 Å². The molecule has 0 spiro atoms. The Kier molecular flexibility index (Phi) is 4.13. The minimum atomic E-state index is -0.568. The summed E-state index contributed by atoms with van der Waals surface area (Å²) in [6.45, 7) is 7.13. The number of piperidine rings is 1. The lowest BCUT2D eigenvalue weighted by molar-refractivity contribution is -0.132. The highest BCUT2D eigenvalue weighted by molar-refractivity contribution is 5.92. The molecule has 2 rings (SSSR count). The lowest BCUT2D eigenvalue weighted by Crippen LogP contribution is -2.55. The lowest BCUT2D eigenvalue weighted by Gasteiger charge is -2.37. The Bertz CT molecular complexity index is 362. The number of hydrogen-bond acceptors (Lipinski definition) is 4. The Balaban J connectivity index is 2.17. The van der Waals surface area contributed by atoms with Gasteiger partial charge in [0.25, 0.3) is 0 Å². The molecule has 5 heteroatoms. The van der Waals surface area contributed by atoms with Gasteiger partial charge in [-0.05, 0) is 52.5 Å². The SMILES string of the molecule is CC(C)(C)OC(=O)N1C(=O)CCCC2CCNCC21. The molecular weight excluding hydrogens is 244 g/mol. The predicted octanol–water partition coefficient (Wildman–Crippen LogP) is 1.91. The molecule has 0 saturated carbocycles. The van der Waals surface area contributed by atoms with Crippen molar-refractivity contribution in [3.63, 3.8) is 0 Å². The molecule has 108 valence electrons. The summed E-state index contributed by atoms with van der Waals surface area (Å²) in [4.78, 5) is 25.9. The molecule has 0 radical (unpaired) electrons. The molecule has 0 aromatic heterocycles. The van der Waals surface area contributed by atoms with Crippen LogP contribution in [0.1, 0.15) is 46.5 Å². The fourth-order valence-electron chi connectivity index (χ4n) is 2.90. The fourth-order valence-corrected chi connectivity index (χ4v) is 2.90. The van der Waals surface area contributed by atoms with E-state index in [1.165, 1.54) is 4.90 Å². The molecule has 2 atom stereocenters. The number of amides is 2. The number of fused-ring (bicyclic) bond motifs is 1. The second-order valence-corrected chi connectivity index (χ2v) is 6.46. The molecular formula is C14H24N2O3. The molecule has 0 aliphatic carbocycles. The minimum absolute atomic E-state index is 0.0430. The van der Waals surface area contributed by atoms with E-state index < -0.39 is 11.7 Å². The van der Waals surface area contributed by atoms with Crippen LogP contribution in [0.5, 0.6) is 0 Å².